The third-order valence-corrected chi connectivity index (χ3v) is 5.44. The van der Waals surface area contributed by atoms with E-state index in [-0.39, 0.29) is 5.96 Å². The number of nitrogens with zero attached hydrogens (tertiary/aromatic N) is 1. The Morgan fingerprint density at radius 1 is 1.30 bits per heavy atom. The number of aliphatic hydroxyl groups excluding tert-OH is 3. The maximum atomic E-state index is 10.8. The highest BCUT2D eigenvalue weighted by atomic mass is 16.9. The van der Waals surface area contributed by atoms with Gasteiger partial charge in [0.15, 0.2) is 18.3 Å². The number of ether oxygens (including phenoxy) is 3. The van der Waals surface area contributed by atoms with E-state index in [0.717, 1.165) is 0 Å². The topological polar surface area (TPSA) is 179 Å². The lowest BCUT2D eigenvalue weighted by molar-refractivity contribution is -0.548. The zero-order valence-electron chi connectivity index (χ0n) is 12.2. The van der Waals surface area contributed by atoms with Crippen molar-refractivity contribution in [1.29, 1.82) is 0 Å². The zero-order valence-corrected chi connectivity index (χ0v) is 12.2. The molecule has 0 amide bonds. The number of aliphatic hydroxyl groups is 5. The molecule has 0 aromatic heterocycles. The summed E-state index contributed by atoms with van der Waals surface area (Å²) in [5.74, 6) is -3.51. The Morgan fingerprint density at radius 3 is 2.57 bits per heavy atom. The van der Waals surface area contributed by atoms with Crippen LogP contribution in [0.15, 0.2) is 4.99 Å². The van der Waals surface area contributed by atoms with E-state index in [4.69, 9.17) is 19.9 Å². The summed E-state index contributed by atoms with van der Waals surface area (Å²) in [5, 5.41) is 54.9. The number of aliphatic imine (C=N–C) groups is 1. The van der Waals surface area contributed by atoms with E-state index in [2.05, 4.69) is 10.3 Å². The molecule has 1 saturated carbocycles. The number of rotatable bonds is 2. The van der Waals surface area contributed by atoms with Gasteiger partial charge in [-0.15, -0.1) is 0 Å². The van der Waals surface area contributed by atoms with Gasteiger partial charge < -0.3 is 50.8 Å². The highest BCUT2D eigenvalue weighted by Gasteiger charge is 2.83. The molecule has 1 unspecified atom stereocenters. The fraction of sp³-hybridized carbons (Fsp3) is 0.917. The maximum absolute atomic E-state index is 10.8. The fourth-order valence-electron chi connectivity index (χ4n) is 4.41. The lowest BCUT2D eigenvalue weighted by Gasteiger charge is -2.71. The van der Waals surface area contributed by atoms with E-state index >= 15 is 0 Å². The van der Waals surface area contributed by atoms with Gasteiger partial charge in [0, 0.05) is 7.11 Å². The van der Waals surface area contributed by atoms with E-state index in [1.807, 2.05) is 0 Å². The molecule has 5 aliphatic rings. The van der Waals surface area contributed by atoms with Crippen LogP contribution < -0.4 is 11.1 Å². The normalized spacial score (nSPS) is 60.2. The molecular formula is C12H19N3O8. The van der Waals surface area contributed by atoms with Gasteiger partial charge in [-0.3, -0.25) is 0 Å². The van der Waals surface area contributed by atoms with Crippen LogP contribution in [-0.2, 0) is 14.2 Å². The zero-order chi connectivity index (χ0) is 16.8. The molecule has 0 aromatic carbocycles. The van der Waals surface area contributed by atoms with Crippen LogP contribution in [0.4, 0.5) is 0 Å². The Balaban J connectivity index is 1.94. The molecule has 4 bridgehead atoms. The van der Waals surface area contributed by atoms with Crippen LogP contribution in [0.3, 0.4) is 0 Å². The number of guanidine groups is 1. The molecule has 1 spiro atoms. The van der Waals surface area contributed by atoms with Gasteiger partial charge in [0.1, 0.15) is 29.5 Å². The van der Waals surface area contributed by atoms with Crippen LogP contribution in [0.2, 0.25) is 0 Å². The van der Waals surface area contributed by atoms with Gasteiger partial charge in [-0.1, -0.05) is 0 Å². The second-order valence-corrected chi connectivity index (χ2v) is 6.43. The molecular weight excluding hydrogens is 314 g/mol. The summed E-state index contributed by atoms with van der Waals surface area (Å²) in [6.07, 6.45) is -6.87. The Kier molecular flexibility index (Phi) is 2.90. The second-order valence-electron chi connectivity index (χ2n) is 6.43. The van der Waals surface area contributed by atoms with Crippen molar-refractivity contribution in [3.05, 3.63) is 0 Å². The molecule has 11 nitrogen and oxygen atoms in total. The Labute approximate surface area is 130 Å². The van der Waals surface area contributed by atoms with Crippen molar-refractivity contribution < 1.29 is 39.7 Å². The molecule has 23 heavy (non-hydrogen) atoms. The van der Waals surface area contributed by atoms with Crippen LogP contribution >= 0.6 is 0 Å². The van der Waals surface area contributed by atoms with E-state index in [1.54, 1.807) is 0 Å². The minimum atomic E-state index is -2.46. The first-order valence-electron chi connectivity index (χ1n) is 7.16. The SMILES string of the molecule is CO[C@@H]1N=C(N)NC23[C@@H]1[C@H]1O[C@](O)(O[C@H]([C@@H]2O)[C@]1(O)CO)[C@H]3O. The summed E-state index contributed by atoms with van der Waals surface area (Å²) in [6, 6.07) is 0. The minimum absolute atomic E-state index is 0.107. The molecule has 8 N–H and O–H groups in total. The highest BCUT2D eigenvalue weighted by Crippen LogP contribution is 2.58. The molecule has 0 aromatic rings. The molecule has 4 fully saturated rings. The summed E-state index contributed by atoms with van der Waals surface area (Å²) >= 11 is 0. The molecule has 9 atom stereocenters. The van der Waals surface area contributed by atoms with E-state index in [0.29, 0.717) is 0 Å². The summed E-state index contributed by atoms with van der Waals surface area (Å²) < 4.78 is 15.7. The van der Waals surface area contributed by atoms with E-state index < -0.39 is 60.3 Å². The second kappa shape index (κ2) is 4.32. The number of hydrogen-bond acceptors (Lipinski definition) is 11. The first-order chi connectivity index (χ1) is 10.7. The average molecular weight is 333 g/mol. The maximum Gasteiger partial charge on any atom is 0.311 e. The molecule has 0 radical (unpaired) electrons. The van der Waals surface area contributed by atoms with Gasteiger partial charge in [-0.2, -0.15) is 0 Å². The summed E-state index contributed by atoms with van der Waals surface area (Å²) in [6.45, 7) is -0.798. The van der Waals surface area contributed by atoms with E-state index in [9.17, 15) is 25.5 Å². The smallest absolute Gasteiger partial charge is 0.311 e. The third-order valence-electron chi connectivity index (χ3n) is 5.44. The summed E-state index contributed by atoms with van der Waals surface area (Å²) in [7, 11) is 1.34. The number of nitrogens with one attached hydrogen (secondary N) is 1. The van der Waals surface area contributed by atoms with Gasteiger partial charge >= 0.3 is 5.97 Å². The van der Waals surface area contributed by atoms with Crippen LogP contribution in [0.1, 0.15) is 0 Å². The molecule has 130 valence electrons. The lowest BCUT2D eigenvalue weighted by Crippen LogP contribution is -2.95. The Bertz CT molecular complexity index is 577. The predicted molar refractivity (Wildman–Crippen MR) is 70.5 cm³/mol. The quantitative estimate of drug-likeness (QED) is 0.259. The van der Waals surface area contributed by atoms with Gasteiger partial charge in [0.2, 0.25) is 0 Å². The van der Waals surface area contributed by atoms with Crippen molar-refractivity contribution in [2.45, 2.75) is 47.8 Å². The van der Waals surface area contributed by atoms with Gasteiger partial charge in [0.25, 0.3) is 0 Å². The molecule has 4 aliphatic heterocycles. The number of methoxy groups -OCH3 is 1. The average Bonchev–Trinajstić information content (AvgIpc) is 2.52. The van der Waals surface area contributed by atoms with Gasteiger partial charge in [-0.05, 0) is 0 Å². The molecule has 11 heteroatoms. The molecule has 4 heterocycles. The van der Waals surface area contributed by atoms with E-state index in [1.165, 1.54) is 7.11 Å². The van der Waals surface area contributed by atoms with Crippen LogP contribution in [-0.4, -0.2) is 93.0 Å². The number of hydrogen-bond donors (Lipinski definition) is 7. The largest absolute Gasteiger partial charge is 0.393 e. The van der Waals surface area contributed by atoms with Crippen molar-refractivity contribution in [3.8, 4) is 0 Å². The number of nitrogens with two attached hydrogens (primary N) is 1. The van der Waals surface area contributed by atoms with Gasteiger partial charge in [0.05, 0.1) is 12.5 Å². The van der Waals surface area contributed by atoms with Crippen LogP contribution in [0, 0.1) is 5.92 Å². The van der Waals surface area contributed by atoms with Crippen molar-refractivity contribution in [2.24, 2.45) is 16.6 Å². The van der Waals surface area contributed by atoms with Crippen molar-refractivity contribution >= 4 is 5.96 Å². The highest BCUT2D eigenvalue weighted by molar-refractivity contribution is 5.80. The first kappa shape index (κ1) is 15.5. The molecule has 3 saturated heterocycles. The van der Waals surface area contributed by atoms with Crippen molar-refractivity contribution in [1.82, 2.24) is 5.32 Å². The third kappa shape index (κ3) is 1.49. The van der Waals surface area contributed by atoms with Crippen molar-refractivity contribution in [2.75, 3.05) is 13.7 Å². The Hall–Kier alpha value is -1.05. The van der Waals surface area contributed by atoms with Gasteiger partial charge in [-0.25, -0.2) is 4.99 Å². The summed E-state index contributed by atoms with van der Waals surface area (Å²) in [4.78, 5) is 4.04. The predicted octanol–water partition coefficient (Wildman–Crippen LogP) is -4.87. The van der Waals surface area contributed by atoms with Crippen LogP contribution in [0.25, 0.3) is 0 Å². The molecule has 5 rings (SSSR count). The standard InChI is InChI=1S/C12H19N3O8/c1-21-7-3-5-10(19,2-16)6-4(17)11(3,15-9(13)14-7)8(18)12(20,22-5)23-6/h3-8,16-20H,2H2,1H3,(H3,13,14,15)/t3-,4+,5-,6-,7+,8+,10+,11?,12+/m1/s1. The van der Waals surface area contributed by atoms with Crippen molar-refractivity contribution in [3.63, 3.8) is 0 Å². The Morgan fingerprint density at radius 2 is 1.96 bits per heavy atom. The molecule has 1 aliphatic carbocycles. The van der Waals surface area contributed by atoms with Crippen LogP contribution in [0.5, 0.6) is 0 Å². The lowest BCUT2D eigenvalue weighted by atomic mass is 9.55. The minimum Gasteiger partial charge on any atom is -0.393 e. The monoisotopic (exact) mass is 333 g/mol. The summed E-state index contributed by atoms with van der Waals surface area (Å²) in [5.41, 5.74) is 2.10. The first-order valence-corrected chi connectivity index (χ1v) is 7.16. The fourth-order valence-corrected chi connectivity index (χ4v) is 4.41.